The molecule has 0 bridgehead atoms. The highest BCUT2D eigenvalue weighted by Gasteiger charge is 2.23. The topological polar surface area (TPSA) is 66.4 Å². The number of nitrogens with one attached hydrogen (secondary N) is 1. The molecule has 1 aliphatic carbocycles. The van der Waals surface area contributed by atoms with E-state index in [0.29, 0.717) is 10.8 Å². The van der Waals surface area contributed by atoms with Crippen molar-refractivity contribution in [3.8, 4) is 0 Å². The molecule has 1 aliphatic rings. The first-order chi connectivity index (χ1) is 9.56. The highest BCUT2D eigenvalue weighted by molar-refractivity contribution is 7.14. The number of hydrogen-bond donors (Lipinski definition) is 2. The fourth-order valence-corrected chi connectivity index (χ4v) is 3.38. The van der Waals surface area contributed by atoms with Crippen LogP contribution in [0.25, 0.3) is 6.08 Å². The Morgan fingerprint density at radius 2 is 2.10 bits per heavy atom. The third kappa shape index (κ3) is 3.93. The summed E-state index contributed by atoms with van der Waals surface area (Å²) in [4.78, 5) is 24.0. The summed E-state index contributed by atoms with van der Waals surface area (Å²) in [7, 11) is 0. The van der Waals surface area contributed by atoms with Gasteiger partial charge < -0.3 is 10.4 Å². The summed E-state index contributed by atoms with van der Waals surface area (Å²) in [6.45, 7) is 2.06. The Kier molecular flexibility index (Phi) is 4.95. The van der Waals surface area contributed by atoms with Crippen molar-refractivity contribution < 1.29 is 14.7 Å². The van der Waals surface area contributed by atoms with Gasteiger partial charge in [0, 0.05) is 17.0 Å². The molecule has 4 nitrogen and oxygen atoms in total. The smallest absolute Gasteiger partial charge is 0.328 e. The molecule has 0 saturated heterocycles. The lowest BCUT2D eigenvalue weighted by atomic mass is 10.00. The first kappa shape index (κ1) is 14.8. The van der Waals surface area contributed by atoms with Gasteiger partial charge in [-0.3, -0.25) is 4.79 Å². The van der Waals surface area contributed by atoms with Crippen LogP contribution in [0.2, 0.25) is 0 Å². The molecule has 0 spiro atoms. The SMILES string of the molecule is CC(NC(=O)c1ccc(C=CC(=O)O)s1)C1CCCC1. The molecule has 1 aromatic heterocycles. The van der Waals surface area contributed by atoms with Crippen LogP contribution < -0.4 is 5.32 Å². The number of rotatable bonds is 5. The van der Waals surface area contributed by atoms with Gasteiger partial charge in [-0.05, 0) is 43.9 Å². The van der Waals surface area contributed by atoms with E-state index in [1.54, 1.807) is 12.1 Å². The molecule has 1 atom stereocenters. The Balaban J connectivity index is 1.93. The van der Waals surface area contributed by atoms with E-state index >= 15 is 0 Å². The maximum Gasteiger partial charge on any atom is 0.328 e. The fourth-order valence-electron chi connectivity index (χ4n) is 2.57. The van der Waals surface area contributed by atoms with Crippen LogP contribution in [0.4, 0.5) is 0 Å². The van der Waals surface area contributed by atoms with Crippen LogP contribution >= 0.6 is 11.3 Å². The second kappa shape index (κ2) is 6.70. The van der Waals surface area contributed by atoms with Crippen LogP contribution in [0.3, 0.4) is 0 Å². The lowest BCUT2D eigenvalue weighted by molar-refractivity contribution is -0.131. The van der Waals surface area contributed by atoms with Gasteiger partial charge in [-0.15, -0.1) is 11.3 Å². The highest BCUT2D eigenvalue weighted by atomic mass is 32.1. The third-order valence-electron chi connectivity index (χ3n) is 3.71. The van der Waals surface area contributed by atoms with E-state index in [2.05, 4.69) is 12.2 Å². The van der Waals surface area contributed by atoms with Gasteiger partial charge in [0.05, 0.1) is 4.88 Å². The molecule has 1 amide bonds. The summed E-state index contributed by atoms with van der Waals surface area (Å²) in [6, 6.07) is 3.70. The van der Waals surface area contributed by atoms with E-state index in [1.807, 2.05) is 0 Å². The number of hydrogen-bond acceptors (Lipinski definition) is 3. The summed E-state index contributed by atoms with van der Waals surface area (Å²) in [6.07, 6.45) is 7.48. The number of carbonyl (C=O) groups is 2. The Hall–Kier alpha value is -1.62. The summed E-state index contributed by atoms with van der Waals surface area (Å²) < 4.78 is 0. The standard InChI is InChI=1S/C15H19NO3S/c1-10(11-4-2-3-5-11)16-15(19)13-8-6-12(20-13)7-9-14(17)18/h6-11H,2-5H2,1H3,(H,16,19)(H,17,18). The van der Waals surface area contributed by atoms with Gasteiger partial charge >= 0.3 is 5.97 Å². The molecule has 0 aromatic carbocycles. The van der Waals surface area contributed by atoms with Crippen molar-refractivity contribution in [2.75, 3.05) is 0 Å². The van der Waals surface area contributed by atoms with E-state index in [1.165, 1.54) is 43.1 Å². The van der Waals surface area contributed by atoms with Crippen LogP contribution in [0.5, 0.6) is 0 Å². The van der Waals surface area contributed by atoms with Crippen molar-refractivity contribution in [3.63, 3.8) is 0 Å². The maximum atomic E-state index is 12.1. The normalized spacial score (nSPS) is 17.4. The maximum absolute atomic E-state index is 12.1. The Morgan fingerprint density at radius 3 is 2.75 bits per heavy atom. The minimum Gasteiger partial charge on any atom is -0.478 e. The summed E-state index contributed by atoms with van der Waals surface area (Å²) in [5.41, 5.74) is 0. The molecule has 1 aromatic rings. The summed E-state index contributed by atoms with van der Waals surface area (Å²) in [5, 5.41) is 11.6. The molecule has 5 heteroatoms. The zero-order valence-corrected chi connectivity index (χ0v) is 12.3. The minimum absolute atomic E-state index is 0.0654. The Labute approximate surface area is 122 Å². The second-order valence-corrected chi connectivity index (χ2v) is 6.30. The number of carboxylic acid groups (broad SMARTS) is 1. The van der Waals surface area contributed by atoms with E-state index in [-0.39, 0.29) is 11.9 Å². The van der Waals surface area contributed by atoms with E-state index in [4.69, 9.17) is 5.11 Å². The van der Waals surface area contributed by atoms with Crippen LogP contribution in [0.1, 0.15) is 47.2 Å². The van der Waals surface area contributed by atoms with Crippen LogP contribution in [0, 0.1) is 5.92 Å². The van der Waals surface area contributed by atoms with Crippen molar-refractivity contribution in [2.24, 2.45) is 5.92 Å². The lowest BCUT2D eigenvalue weighted by Crippen LogP contribution is -2.36. The molecule has 0 radical (unpaired) electrons. The van der Waals surface area contributed by atoms with E-state index in [0.717, 1.165) is 11.0 Å². The van der Waals surface area contributed by atoms with E-state index in [9.17, 15) is 9.59 Å². The highest BCUT2D eigenvalue weighted by Crippen LogP contribution is 2.28. The number of carbonyl (C=O) groups excluding carboxylic acids is 1. The first-order valence-corrected chi connectivity index (χ1v) is 7.69. The Morgan fingerprint density at radius 1 is 1.40 bits per heavy atom. The molecular formula is C15H19NO3S. The van der Waals surface area contributed by atoms with Gasteiger partial charge in [0.2, 0.25) is 0 Å². The van der Waals surface area contributed by atoms with Gasteiger partial charge in [0.15, 0.2) is 0 Å². The van der Waals surface area contributed by atoms with Crippen LogP contribution in [0.15, 0.2) is 18.2 Å². The lowest BCUT2D eigenvalue weighted by Gasteiger charge is -2.19. The van der Waals surface area contributed by atoms with Crippen molar-refractivity contribution >= 4 is 29.3 Å². The quantitative estimate of drug-likeness (QED) is 0.820. The number of aliphatic carboxylic acids is 1. The van der Waals surface area contributed by atoms with Crippen LogP contribution in [-0.2, 0) is 4.79 Å². The average molecular weight is 293 g/mol. The number of thiophene rings is 1. The molecule has 2 N–H and O–H groups in total. The Bertz CT molecular complexity index is 515. The number of carboxylic acids is 1. The first-order valence-electron chi connectivity index (χ1n) is 6.88. The van der Waals surface area contributed by atoms with Crippen molar-refractivity contribution in [1.29, 1.82) is 0 Å². The molecular weight excluding hydrogens is 274 g/mol. The van der Waals surface area contributed by atoms with Gasteiger partial charge in [0.25, 0.3) is 5.91 Å². The molecule has 2 rings (SSSR count). The van der Waals surface area contributed by atoms with E-state index < -0.39 is 5.97 Å². The van der Waals surface area contributed by atoms with Crippen LogP contribution in [-0.4, -0.2) is 23.0 Å². The second-order valence-electron chi connectivity index (χ2n) is 5.18. The molecule has 1 saturated carbocycles. The minimum atomic E-state index is -0.987. The van der Waals surface area contributed by atoms with Gasteiger partial charge in [0.1, 0.15) is 0 Å². The zero-order valence-electron chi connectivity index (χ0n) is 11.5. The third-order valence-corrected chi connectivity index (χ3v) is 4.76. The van der Waals surface area contributed by atoms with Gasteiger partial charge in [-0.25, -0.2) is 4.79 Å². The molecule has 108 valence electrons. The van der Waals surface area contributed by atoms with Gasteiger partial charge in [-0.1, -0.05) is 12.8 Å². The predicted octanol–water partition coefficient (Wildman–Crippen LogP) is 3.15. The summed E-state index contributed by atoms with van der Waals surface area (Å²) >= 11 is 1.31. The average Bonchev–Trinajstić information content (AvgIpc) is 3.07. The molecule has 20 heavy (non-hydrogen) atoms. The largest absolute Gasteiger partial charge is 0.478 e. The van der Waals surface area contributed by atoms with Crippen molar-refractivity contribution in [1.82, 2.24) is 5.32 Å². The zero-order chi connectivity index (χ0) is 14.5. The predicted molar refractivity (Wildman–Crippen MR) is 79.9 cm³/mol. The molecule has 1 unspecified atom stereocenters. The fraction of sp³-hybridized carbons (Fsp3) is 0.467. The monoisotopic (exact) mass is 293 g/mol. The molecule has 0 aliphatic heterocycles. The molecule has 1 fully saturated rings. The number of amides is 1. The van der Waals surface area contributed by atoms with Gasteiger partial charge in [-0.2, -0.15) is 0 Å². The van der Waals surface area contributed by atoms with Crippen molar-refractivity contribution in [3.05, 3.63) is 28.0 Å². The molecule has 1 heterocycles. The van der Waals surface area contributed by atoms with Crippen molar-refractivity contribution in [2.45, 2.75) is 38.6 Å². The summed E-state index contributed by atoms with van der Waals surface area (Å²) in [5.74, 6) is -0.464.